The predicted molar refractivity (Wildman–Crippen MR) is 41.4 cm³/mol. The maximum atomic E-state index is 3.65. The Balaban J connectivity index is 2.03. The van der Waals surface area contributed by atoms with Gasteiger partial charge >= 0.3 is 0 Å². The summed E-state index contributed by atoms with van der Waals surface area (Å²) in [5, 5.41) is 0. The van der Waals surface area contributed by atoms with Gasteiger partial charge in [-0.05, 0) is 18.3 Å². The van der Waals surface area contributed by atoms with Crippen LogP contribution in [0.5, 0.6) is 0 Å². The van der Waals surface area contributed by atoms with Crippen LogP contribution in [0.2, 0.25) is 0 Å². The lowest BCUT2D eigenvalue weighted by atomic mass is 10.1. The van der Waals surface area contributed by atoms with Gasteiger partial charge in [0.05, 0.1) is 0 Å². The third-order valence-corrected chi connectivity index (χ3v) is 3.02. The Bertz CT molecular complexity index is 191. The van der Waals surface area contributed by atoms with E-state index in [0.29, 0.717) is 0 Å². The summed E-state index contributed by atoms with van der Waals surface area (Å²) in [7, 11) is 2.09. The van der Waals surface area contributed by atoms with Crippen molar-refractivity contribution in [3.8, 4) is 0 Å². The molecule has 0 bridgehead atoms. The molecule has 0 heterocycles. The summed E-state index contributed by atoms with van der Waals surface area (Å²) >= 11 is 0. The Hall–Kier alpha value is -0.550. The summed E-state index contributed by atoms with van der Waals surface area (Å²) in [6.45, 7) is 3.65. The molecule has 54 valence electrons. The van der Waals surface area contributed by atoms with Gasteiger partial charge in [-0.1, -0.05) is 0 Å². The fourth-order valence-corrected chi connectivity index (χ4v) is 2.13. The molecule has 0 radical (unpaired) electrons. The lowest BCUT2D eigenvalue weighted by Crippen LogP contribution is -2.19. The second-order valence-electron chi connectivity index (χ2n) is 3.65. The molecule has 0 N–H and O–H groups in total. The summed E-state index contributed by atoms with van der Waals surface area (Å²) in [5.74, 6) is 5.07. The van der Waals surface area contributed by atoms with E-state index in [1.54, 1.807) is 0 Å². The first-order chi connectivity index (χ1) is 4.81. The van der Waals surface area contributed by atoms with Crippen LogP contribution in [0.3, 0.4) is 0 Å². The van der Waals surface area contributed by atoms with Crippen molar-refractivity contribution in [1.29, 1.82) is 0 Å². The van der Waals surface area contributed by atoms with E-state index in [2.05, 4.69) is 24.1 Å². The second kappa shape index (κ2) is 1.96. The Morgan fingerprint density at radius 3 is 2.40 bits per heavy atom. The van der Waals surface area contributed by atoms with Crippen LogP contribution in [-0.4, -0.2) is 23.5 Å². The topological polar surface area (TPSA) is 3.01 Å². The molecule has 1 heteroatoms. The van der Waals surface area contributed by atoms with Crippen molar-refractivity contribution in [3.05, 3.63) is 6.58 Å². The van der Waals surface area contributed by atoms with E-state index in [9.17, 15) is 0 Å². The van der Waals surface area contributed by atoms with Crippen LogP contribution in [0, 0.1) is 11.8 Å². The fourth-order valence-electron chi connectivity index (χ4n) is 2.13. The van der Waals surface area contributed by atoms with Gasteiger partial charge in [-0.25, -0.2) is 0 Å². The molecule has 2 aliphatic rings. The smallest absolute Gasteiger partial charge is 0.162 e. The van der Waals surface area contributed by atoms with Crippen molar-refractivity contribution in [1.82, 2.24) is 0 Å². The van der Waals surface area contributed by atoms with E-state index < -0.39 is 0 Å². The third kappa shape index (κ3) is 0.819. The van der Waals surface area contributed by atoms with E-state index in [1.807, 2.05) is 0 Å². The fraction of sp³-hybridized carbons (Fsp3) is 0.778. The summed E-state index contributed by atoms with van der Waals surface area (Å²) in [4.78, 5) is 0. The molecule has 0 amide bonds. The number of hydrogen-bond acceptors (Lipinski definition) is 0. The molecule has 0 spiro atoms. The van der Waals surface area contributed by atoms with Gasteiger partial charge in [-0.3, -0.25) is 0 Å². The van der Waals surface area contributed by atoms with E-state index in [4.69, 9.17) is 0 Å². The minimum atomic E-state index is 0.765. The molecule has 0 aliphatic heterocycles. The minimum absolute atomic E-state index is 0.765. The van der Waals surface area contributed by atoms with Crippen molar-refractivity contribution in [2.24, 2.45) is 11.8 Å². The molecule has 0 aromatic carbocycles. The molecule has 2 unspecified atom stereocenters. The predicted octanol–water partition coefficient (Wildman–Crippen LogP) is 1.28. The molecule has 0 aromatic rings. The highest BCUT2D eigenvalue weighted by atomic mass is 15.0. The highest BCUT2D eigenvalue weighted by molar-refractivity contribution is 5.39. The Morgan fingerprint density at radius 1 is 1.30 bits per heavy atom. The SMILES string of the molecule is C=C=[N+](C)C1CC2CC2C1. The Labute approximate surface area is 62.1 Å². The maximum Gasteiger partial charge on any atom is 0.162 e. The quantitative estimate of drug-likeness (QED) is 0.377. The van der Waals surface area contributed by atoms with Gasteiger partial charge in [0.1, 0.15) is 7.05 Å². The zero-order valence-electron chi connectivity index (χ0n) is 6.51. The molecular weight excluding hydrogens is 122 g/mol. The summed E-state index contributed by atoms with van der Waals surface area (Å²) in [5.41, 5.74) is 0. The van der Waals surface area contributed by atoms with Crippen LogP contribution in [0.15, 0.2) is 6.58 Å². The largest absolute Gasteiger partial charge is 0.189 e. The van der Waals surface area contributed by atoms with Gasteiger partial charge < -0.3 is 0 Å². The van der Waals surface area contributed by atoms with Crippen molar-refractivity contribution in [3.63, 3.8) is 0 Å². The van der Waals surface area contributed by atoms with Crippen molar-refractivity contribution in [2.45, 2.75) is 25.3 Å². The first-order valence-electron chi connectivity index (χ1n) is 4.07. The number of rotatable bonds is 1. The van der Waals surface area contributed by atoms with Crippen molar-refractivity contribution < 1.29 is 4.58 Å². The molecule has 2 saturated carbocycles. The van der Waals surface area contributed by atoms with E-state index in [-0.39, 0.29) is 0 Å². The van der Waals surface area contributed by atoms with E-state index in [1.165, 1.54) is 19.3 Å². The van der Waals surface area contributed by atoms with Crippen molar-refractivity contribution >= 4 is 5.87 Å². The standard InChI is InChI=1S/C9H14N/c1-3-10(2)9-5-7-4-8(7)6-9/h7-9H,1,4-6H2,2H3/q+1. The normalized spacial score (nSPS) is 42.3. The molecule has 0 saturated heterocycles. The van der Waals surface area contributed by atoms with Crippen LogP contribution >= 0.6 is 0 Å². The molecule has 2 aliphatic carbocycles. The molecule has 2 atom stereocenters. The Kier molecular flexibility index (Phi) is 1.21. The summed E-state index contributed by atoms with van der Waals surface area (Å²) in [6, 6.07) is 0.765. The van der Waals surface area contributed by atoms with Gasteiger partial charge in [0.25, 0.3) is 0 Å². The third-order valence-electron chi connectivity index (χ3n) is 3.02. The van der Waals surface area contributed by atoms with E-state index >= 15 is 0 Å². The van der Waals surface area contributed by atoms with Crippen LogP contribution in [0.25, 0.3) is 0 Å². The highest BCUT2D eigenvalue weighted by Gasteiger charge is 2.49. The van der Waals surface area contributed by atoms with Crippen LogP contribution in [-0.2, 0) is 0 Å². The second-order valence-corrected chi connectivity index (χ2v) is 3.65. The average molecular weight is 136 g/mol. The molecule has 0 aromatic heterocycles. The molecular formula is C9H14N+. The van der Waals surface area contributed by atoms with Crippen molar-refractivity contribution in [2.75, 3.05) is 7.05 Å². The van der Waals surface area contributed by atoms with Gasteiger partial charge in [-0.2, -0.15) is 4.58 Å². The van der Waals surface area contributed by atoms with Crippen LogP contribution in [0.1, 0.15) is 19.3 Å². The molecule has 10 heavy (non-hydrogen) atoms. The summed E-state index contributed by atoms with van der Waals surface area (Å²) in [6.07, 6.45) is 4.29. The number of hydrogen-bond donors (Lipinski definition) is 0. The monoisotopic (exact) mass is 136 g/mol. The number of nitrogens with zero attached hydrogens (tertiary/aromatic N) is 1. The highest BCUT2D eigenvalue weighted by Crippen LogP contribution is 2.52. The molecule has 1 nitrogen and oxygen atoms in total. The van der Waals surface area contributed by atoms with Gasteiger partial charge in [0.15, 0.2) is 11.9 Å². The molecule has 2 fully saturated rings. The first-order valence-corrected chi connectivity index (χ1v) is 4.07. The average Bonchev–Trinajstić information content (AvgIpc) is 2.57. The zero-order valence-corrected chi connectivity index (χ0v) is 6.51. The Morgan fingerprint density at radius 2 is 1.90 bits per heavy atom. The van der Waals surface area contributed by atoms with E-state index in [0.717, 1.165) is 17.9 Å². The molecule has 2 rings (SSSR count). The first kappa shape index (κ1) is 6.18. The van der Waals surface area contributed by atoms with Crippen LogP contribution in [0.4, 0.5) is 0 Å². The lowest BCUT2D eigenvalue weighted by Gasteiger charge is -2.03. The summed E-state index contributed by atoms with van der Waals surface area (Å²) < 4.78 is 2.14. The maximum absolute atomic E-state index is 3.65. The lowest BCUT2D eigenvalue weighted by molar-refractivity contribution is -0.531. The van der Waals surface area contributed by atoms with Gasteiger partial charge in [0, 0.05) is 19.4 Å². The zero-order chi connectivity index (χ0) is 7.14. The minimum Gasteiger partial charge on any atom is -0.189 e. The van der Waals surface area contributed by atoms with Gasteiger partial charge in [-0.15, -0.1) is 0 Å². The van der Waals surface area contributed by atoms with Crippen LogP contribution < -0.4 is 0 Å². The number of fused-ring (bicyclic) bond motifs is 1. The van der Waals surface area contributed by atoms with Gasteiger partial charge in [0.2, 0.25) is 0 Å².